The second-order valence-electron chi connectivity index (χ2n) is 7.87. The van der Waals surface area contributed by atoms with Crippen LogP contribution in [0.25, 0.3) is 0 Å². The molecule has 0 radical (unpaired) electrons. The third-order valence-electron chi connectivity index (χ3n) is 6.01. The number of anilines is 2. The molecule has 2 aromatic carbocycles. The molecule has 0 bridgehead atoms. The molecule has 9 nitrogen and oxygen atoms in total. The lowest BCUT2D eigenvalue weighted by Crippen LogP contribution is -2.49. The Kier molecular flexibility index (Phi) is 5.37. The zero-order chi connectivity index (χ0) is 23.8. The monoisotopic (exact) mass is 458 g/mol. The summed E-state index contributed by atoms with van der Waals surface area (Å²) in [6.45, 7) is 0.113. The fraction of sp³-hybridized carbons (Fsp3) is 0.200. The average molecular weight is 458 g/mol. The van der Waals surface area contributed by atoms with Gasteiger partial charge in [-0.1, -0.05) is 18.2 Å². The zero-order valence-corrected chi connectivity index (χ0v) is 18.6. The fourth-order valence-electron chi connectivity index (χ4n) is 4.53. The van der Waals surface area contributed by atoms with Crippen LogP contribution in [0.5, 0.6) is 11.5 Å². The maximum absolute atomic E-state index is 13.6. The number of nitrogens with one attached hydrogen (secondary N) is 1. The molecule has 0 saturated carbocycles. The van der Waals surface area contributed by atoms with Gasteiger partial charge in [0, 0.05) is 24.7 Å². The van der Waals surface area contributed by atoms with Gasteiger partial charge in [-0.2, -0.15) is 0 Å². The molecule has 3 amide bonds. The van der Waals surface area contributed by atoms with E-state index in [-0.39, 0.29) is 30.7 Å². The van der Waals surface area contributed by atoms with E-state index in [1.807, 2.05) is 0 Å². The van der Waals surface area contributed by atoms with Gasteiger partial charge < -0.3 is 19.7 Å². The van der Waals surface area contributed by atoms with E-state index in [1.54, 1.807) is 70.7 Å². The average Bonchev–Trinajstić information content (AvgIpc) is 3.16. The third-order valence-corrected chi connectivity index (χ3v) is 6.01. The van der Waals surface area contributed by atoms with Gasteiger partial charge in [0.1, 0.15) is 6.17 Å². The predicted octanol–water partition coefficient (Wildman–Crippen LogP) is 3.24. The summed E-state index contributed by atoms with van der Waals surface area (Å²) in [5, 5.41) is 2.78. The number of ether oxygens (including phenoxy) is 2. The van der Waals surface area contributed by atoms with Crippen LogP contribution >= 0.6 is 0 Å². The Morgan fingerprint density at radius 1 is 1.03 bits per heavy atom. The van der Waals surface area contributed by atoms with Crippen LogP contribution in [0, 0.1) is 0 Å². The zero-order valence-electron chi connectivity index (χ0n) is 18.6. The lowest BCUT2D eigenvalue weighted by molar-refractivity contribution is -0.116. The summed E-state index contributed by atoms with van der Waals surface area (Å²) in [5.41, 5.74) is 2.47. The molecule has 0 saturated heterocycles. The molecule has 0 aliphatic carbocycles. The molecular formula is C25H22N4O5. The largest absolute Gasteiger partial charge is 0.493 e. The van der Waals surface area contributed by atoms with E-state index < -0.39 is 6.17 Å². The minimum atomic E-state index is -0.698. The number of hydrogen-bond acceptors (Lipinski definition) is 6. The Labute approximate surface area is 195 Å². The van der Waals surface area contributed by atoms with Crippen LogP contribution in [-0.2, 0) is 4.79 Å². The molecule has 0 fully saturated rings. The van der Waals surface area contributed by atoms with Crippen LogP contribution in [-0.4, -0.2) is 48.4 Å². The summed E-state index contributed by atoms with van der Waals surface area (Å²) in [4.78, 5) is 46.9. The van der Waals surface area contributed by atoms with Gasteiger partial charge in [0.25, 0.3) is 11.8 Å². The minimum Gasteiger partial charge on any atom is -0.493 e. The molecule has 5 rings (SSSR count). The Morgan fingerprint density at radius 3 is 2.59 bits per heavy atom. The van der Waals surface area contributed by atoms with Crippen molar-refractivity contribution in [2.24, 2.45) is 0 Å². The van der Waals surface area contributed by atoms with Crippen LogP contribution in [0.3, 0.4) is 0 Å². The Balaban J connectivity index is 1.53. The quantitative estimate of drug-likeness (QED) is 0.609. The van der Waals surface area contributed by atoms with E-state index in [9.17, 15) is 14.4 Å². The number of pyridine rings is 1. The van der Waals surface area contributed by atoms with Crippen molar-refractivity contribution >= 4 is 29.1 Å². The first-order valence-electron chi connectivity index (χ1n) is 10.7. The van der Waals surface area contributed by atoms with E-state index in [4.69, 9.17) is 9.47 Å². The van der Waals surface area contributed by atoms with Crippen LogP contribution in [0.4, 0.5) is 11.4 Å². The Hall–Kier alpha value is -4.40. The molecule has 1 N–H and O–H groups in total. The van der Waals surface area contributed by atoms with Gasteiger partial charge in [-0.3, -0.25) is 24.3 Å². The SMILES string of the molecule is COc1ccc2c(c1OC)C(=O)N1c3ccccc3C(=O)N(CCC(=O)Nc3cccnc3)C21. The van der Waals surface area contributed by atoms with Crippen LogP contribution in [0.15, 0.2) is 60.9 Å². The Bertz CT molecular complexity index is 1290. The van der Waals surface area contributed by atoms with Gasteiger partial charge in [-0.05, 0) is 30.3 Å². The second kappa shape index (κ2) is 8.51. The van der Waals surface area contributed by atoms with Crippen LogP contribution in [0.1, 0.15) is 38.9 Å². The topological polar surface area (TPSA) is 101 Å². The highest BCUT2D eigenvalue weighted by Gasteiger charge is 2.49. The van der Waals surface area contributed by atoms with Gasteiger partial charge in [-0.15, -0.1) is 0 Å². The maximum Gasteiger partial charge on any atom is 0.264 e. The van der Waals surface area contributed by atoms with Crippen molar-refractivity contribution in [2.75, 3.05) is 31.0 Å². The number of hydrogen-bond donors (Lipinski definition) is 1. The number of amides is 3. The van der Waals surface area contributed by atoms with Gasteiger partial charge in [0.2, 0.25) is 5.91 Å². The molecule has 2 aliphatic heterocycles. The van der Waals surface area contributed by atoms with Crippen molar-refractivity contribution in [1.29, 1.82) is 0 Å². The van der Waals surface area contributed by atoms with Crippen LogP contribution in [0.2, 0.25) is 0 Å². The normalized spacial score (nSPS) is 16.0. The van der Waals surface area contributed by atoms with E-state index >= 15 is 0 Å². The standard InChI is InChI=1S/C25H22N4O5/c1-33-19-10-9-17-21(22(19)34-2)25(32)29-18-8-4-3-7-16(18)24(31)28(23(17)29)13-11-20(30)27-15-6-5-12-26-14-15/h3-10,12,14,23H,11,13H2,1-2H3,(H,27,30). The fourth-order valence-corrected chi connectivity index (χ4v) is 4.53. The van der Waals surface area contributed by atoms with Gasteiger partial charge in [-0.25, -0.2) is 0 Å². The van der Waals surface area contributed by atoms with E-state index in [0.29, 0.717) is 39.6 Å². The van der Waals surface area contributed by atoms with Gasteiger partial charge in [0.05, 0.1) is 42.9 Å². The summed E-state index contributed by atoms with van der Waals surface area (Å²) in [7, 11) is 2.98. The number of carbonyl (C=O) groups excluding carboxylic acids is 3. The number of nitrogens with zero attached hydrogens (tertiary/aromatic N) is 3. The molecule has 9 heteroatoms. The molecule has 0 spiro atoms. The molecule has 3 heterocycles. The van der Waals surface area contributed by atoms with E-state index in [1.165, 1.54) is 14.2 Å². The highest BCUT2D eigenvalue weighted by molar-refractivity contribution is 6.18. The van der Waals surface area contributed by atoms with Crippen LogP contribution < -0.4 is 19.7 Å². The first kappa shape index (κ1) is 21.4. The van der Waals surface area contributed by atoms with Crippen molar-refractivity contribution in [2.45, 2.75) is 12.6 Å². The van der Waals surface area contributed by atoms with Crippen molar-refractivity contribution < 1.29 is 23.9 Å². The summed E-state index contributed by atoms with van der Waals surface area (Å²) in [6, 6.07) is 13.9. The smallest absolute Gasteiger partial charge is 0.264 e. The third kappa shape index (κ3) is 3.33. The second-order valence-corrected chi connectivity index (χ2v) is 7.87. The molecular weight excluding hydrogens is 436 g/mol. The first-order valence-corrected chi connectivity index (χ1v) is 10.7. The lowest BCUT2D eigenvalue weighted by atomic mass is 10.0. The van der Waals surface area contributed by atoms with Gasteiger partial charge in [0.15, 0.2) is 11.5 Å². The van der Waals surface area contributed by atoms with E-state index in [2.05, 4.69) is 10.3 Å². The molecule has 1 unspecified atom stereocenters. The molecule has 2 aliphatic rings. The first-order chi connectivity index (χ1) is 16.5. The molecule has 172 valence electrons. The number of benzene rings is 2. The number of para-hydroxylation sites is 1. The highest BCUT2D eigenvalue weighted by Crippen LogP contribution is 2.49. The summed E-state index contributed by atoms with van der Waals surface area (Å²) < 4.78 is 10.9. The van der Waals surface area contributed by atoms with E-state index in [0.717, 1.165) is 0 Å². The maximum atomic E-state index is 13.6. The molecule has 34 heavy (non-hydrogen) atoms. The summed E-state index contributed by atoms with van der Waals surface area (Å²) >= 11 is 0. The number of methoxy groups -OCH3 is 2. The minimum absolute atomic E-state index is 0.0456. The summed E-state index contributed by atoms with van der Waals surface area (Å²) in [5.74, 6) is -0.0555. The predicted molar refractivity (Wildman–Crippen MR) is 124 cm³/mol. The molecule has 3 aromatic rings. The van der Waals surface area contributed by atoms with Crippen molar-refractivity contribution in [3.05, 3.63) is 77.6 Å². The highest BCUT2D eigenvalue weighted by atomic mass is 16.5. The van der Waals surface area contributed by atoms with Crippen molar-refractivity contribution in [1.82, 2.24) is 9.88 Å². The number of rotatable bonds is 6. The van der Waals surface area contributed by atoms with Gasteiger partial charge >= 0.3 is 0 Å². The van der Waals surface area contributed by atoms with Crippen molar-refractivity contribution in [3.63, 3.8) is 0 Å². The number of aromatic nitrogens is 1. The summed E-state index contributed by atoms with van der Waals surface area (Å²) in [6.07, 6.45) is 2.51. The number of fused-ring (bicyclic) bond motifs is 5. The molecule has 1 aromatic heterocycles. The molecule has 1 atom stereocenters. The number of carbonyl (C=O) groups is 3. The Morgan fingerprint density at radius 2 is 1.85 bits per heavy atom. The van der Waals surface area contributed by atoms with Crippen molar-refractivity contribution in [3.8, 4) is 11.5 Å². The lowest BCUT2D eigenvalue weighted by Gasteiger charge is -2.40.